The number of hydrogen-bond donors (Lipinski definition) is 2. The minimum absolute atomic E-state index is 0.217. The molecule has 0 aliphatic heterocycles. The van der Waals surface area contributed by atoms with Gasteiger partial charge in [-0.2, -0.15) is 0 Å². The summed E-state index contributed by atoms with van der Waals surface area (Å²) < 4.78 is 0. The second-order valence-electron chi connectivity index (χ2n) is 6.98. The average Bonchev–Trinajstić information content (AvgIpc) is 3.49. The average molecular weight is 391 g/mol. The van der Waals surface area contributed by atoms with Crippen LogP contribution in [-0.4, -0.2) is 20.2 Å². The summed E-state index contributed by atoms with van der Waals surface area (Å²) >= 11 is 6.34. The molecule has 4 aromatic rings. The lowest BCUT2D eigenvalue weighted by Gasteiger charge is -2.08. The highest BCUT2D eigenvalue weighted by atomic mass is 35.5. The Morgan fingerprint density at radius 3 is 2.61 bits per heavy atom. The number of H-pyrrole nitrogens is 2. The monoisotopic (exact) mass is 390 g/mol. The molecule has 0 saturated heterocycles. The van der Waals surface area contributed by atoms with Gasteiger partial charge in [0, 0.05) is 6.20 Å². The summed E-state index contributed by atoms with van der Waals surface area (Å²) in [6, 6.07) is 16.5. The number of aromatic nitrogens is 4. The Balaban J connectivity index is 1.54. The van der Waals surface area contributed by atoms with E-state index in [2.05, 4.69) is 50.5 Å². The zero-order chi connectivity index (χ0) is 19.3. The van der Waals surface area contributed by atoms with Gasteiger partial charge in [-0.3, -0.25) is 9.78 Å². The molecule has 2 heterocycles. The van der Waals surface area contributed by atoms with Crippen LogP contribution < -0.4 is 11.2 Å². The van der Waals surface area contributed by atoms with Crippen LogP contribution in [0.4, 0.5) is 0 Å². The maximum atomic E-state index is 12.1. The van der Waals surface area contributed by atoms with E-state index in [-0.39, 0.29) is 11.5 Å². The molecule has 1 aliphatic rings. The molecule has 28 heavy (non-hydrogen) atoms. The van der Waals surface area contributed by atoms with Crippen molar-refractivity contribution in [2.24, 2.45) is 0 Å². The Bertz CT molecular complexity index is 1320. The van der Waals surface area contributed by atoms with E-state index in [1.807, 2.05) is 12.1 Å². The van der Waals surface area contributed by atoms with Crippen LogP contribution in [0, 0.1) is 0 Å². The first kappa shape index (κ1) is 16.9. The molecule has 1 aliphatic carbocycles. The van der Waals surface area contributed by atoms with E-state index in [0.717, 1.165) is 12.0 Å². The van der Waals surface area contributed by atoms with Gasteiger partial charge in [0.2, 0.25) is 0 Å². The molecule has 5 rings (SSSR count). The van der Waals surface area contributed by atoms with Gasteiger partial charge in [0.25, 0.3) is 5.56 Å². The predicted molar refractivity (Wildman–Crippen MR) is 108 cm³/mol. The number of fused-ring (bicyclic) bond motifs is 1. The van der Waals surface area contributed by atoms with Crippen molar-refractivity contribution in [1.29, 1.82) is 0 Å². The van der Waals surface area contributed by atoms with Gasteiger partial charge in [0.1, 0.15) is 5.69 Å². The highest BCUT2D eigenvalue weighted by Crippen LogP contribution is 2.57. The van der Waals surface area contributed by atoms with E-state index >= 15 is 0 Å². The summed E-state index contributed by atoms with van der Waals surface area (Å²) in [5.74, 6) is 0.559. The van der Waals surface area contributed by atoms with Crippen molar-refractivity contribution in [3.8, 4) is 11.3 Å². The van der Waals surface area contributed by atoms with E-state index in [0.29, 0.717) is 16.8 Å². The molecule has 138 valence electrons. The standard InChI is InChI=1S/C21H15ClN4O2/c22-19-16(9-18(25-26-19)17-10-23-21(28)24-20(17)27)15-8-14(15)13-7-3-5-11-4-1-2-6-12(11)13/h1-7,9-10,14-15H,8H2,(H2,23,24,27,28)/t14-,15+/m1/s1. The Hall–Kier alpha value is -3.25. The molecule has 7 heteroatoms. The maximum absolute atomic E-state index is 12.1. The van der Waals surface area contributed by atoms with Crippen LogP contribution in [-0.2, 0) is 0 Å². The first-order valence-corrected chi connectivity index (χ1v) is 9.33. The molecule has 2 aromatic carbocycles. The smallest absolute Gasteiger partial charge is 0.313 e. The van der Waals surface area contributed by atoms with Crippen LogP contribution in [0.1, 0.15) is 29.4 Å². The second kappa shape index (κ2) is 6.42. The van der Waals surface area contributed by atoms with Crippen molar-refractivity contribution in [2.45, 2.75) is 18.3 Å². The highest BCUT2D eigenvalue weighted by Gasteiger charge is 2.42. The number of nitrogens with zero attached hydrogens (tertiary/aromatic N) is 2. The fraction of sp³-hybridized carbons (Fsp3) is 0.143. The lowest BCUT2D eigenvalue weighted by atomic mass is 9.98. The van der Waals surface area contributed by atoms with Gasteiger partial charge in [0.05, 0.1) is 5.56 Å². The number of aromatic amines is 2. The van der Waals surface area contributed by atoms with Crippen LogP contribution in [0.15, 0.2) is 64.3 Å². The Morgan fingerprint density at radius 1 is 0.964 bits per heavy atom. The zero-order valence-corrected chi connectivity index (χ0v) is 15.4. The van der Waals surface area contributed by atoms with E-state index in [9.17, 15) is 9.59 Å². The summed E-state index contributed by atoms with van der Waals surface area (Å²) in [7, 11) is 0. The lowest BCUT2D eigenvalue weighted by molar-refractivity contribution is 0.954. The molecule has 0 unspecified atom stereocenters. The van der Waals surface area contributed by atoms with Gasteiger partial charge in [-0.05, 0) is 46.2 Å². The normalized spacial score (nSPS) is 18.3. The van der Waals surface area contributed by atoms with Gasteiger partial charge in [-0.15, -0.1) is 10.2 Å². The summed E-state index contributed by atoms with van der Waals surface area (Å²) in [5, 5.41) is 10.9. The third-order valence-electron chi connectivity index (χ3n) is 5.28. The van der Waals surface area contributed by atoms with Gasteiger partial charge in [-0.1, -0.05) is 54.1 Å². The minimum atomic E-state index is -0.561. The van der Waals surface area contributed by atoms with Gasteiger partial charge >= 0.3 is 5.69 Å². The van der Waals surface area contributed by atoms with Gasteiger partial charge in [0.15, 0.2) is 5.15 Å². The van der Waals surface area contributed by atoms with Crippen molar-refractivity contribution < 1.29 is 0 Å². The number of hydrogen-bond acceptors (Lipinski definition) is 4. The van der Waals surface area contributed by atoms with Gasteiger partial charge in [-0.25, -0.2) is 4.79 Å². The van der Waals surface area contributed by atoms with E-state index in [4.69, 9.17) is 11.6 Å². The van der Waals surface area contributed by atoms with E-state index in [1.54, 1.807) is 6.07 Å². The molecule has 0 amide bonds. The Morgan fingerprint density at radius 2 is 1.75 bits per heavy atom. The number of rotatable bonds is 3. The largest absolute Gasteiger partial charge is 0.325 e. The first-order chi connectivity index (χ1) is 13.6. The van der Waals surface area contributed by atoms with Crippen molar-refractivity contribution in [3.05, 3.63) is 91.8 Å². The fourth-order valence-electron chi connectivity index (χ4n) is 3.84. The van der Waals surface area contributed by atoms with Crippen LogP contribution in [0.2, 0.25) is 5.15 Å². The summed E-state index contributed by atoms with van der Waals surface area (Å²) in [6.07, 6.45) is 2.30. The van der Waals surface area contributed by atoms with Crippen LogP contribution in [0.25, 0.3) is 22.0 Å². The van der Waals surface area contributed by atoms with Crippen LogP contribution in [0.5, 0.6) is 0 Å². The van der Waals surface area contributed by atoms with Crippen molar-refractivity contribution in [3.63, 3.8) is 0 Å². The molecule has 2 aromatic heterocycles. The van der Waals surface area contributed by atoms with Gasteiger partial charge < -0.3 is 4.98 Å². The third kappa shape index (κ3) is 2.82. The fourth-order valence-corrected chi connectivity index (χ4v) is 4.07. The Kier molecular flexibility index (Phi) is 3.87. The molecule has 0 bridgehead atoms. The number of halogens is 1. The first-order valence-electron chi connectivity index (χ1n) is 8.95. The van der Waals surface area contributed by atoms with Crippen LogP contribution >= 0.6 is 11.6 Å². The molecular formula is C21H15ClN4O2. The molecule has 0 spiro atoms. The highest BCUT2D eigenvalue weighted by molar-refractivity contribution is 6.30. The minimum Gasteiger partial charge on any atom is -0.313 e. The molecular weight excluding hydrogens is 376 g/mol. The second-order valence-corrected chi connectivity index (χ2v) is 7.34. The number of nitrogens with one attached hydrogen (secondary N) is 2. The molecule has 2 N–H and O–H groups in total. The van der Waals surface area contributed by atoms with E-state index in [1.165, 1.54) is 22.5 Å². The summed E-state index contributed by atoms with van der Waals surface area (Å²) in [5.41, 5.74) is 1.74. The topological polar surface area (TPSA) is 91.5 Å². The quantitative estimate of drug-likeness (QED) is 0.559. The van der Waals surface area contributed by atoms with Crippen molar-refractivity contribution in [2.75, 3.05) is 0 Å². The zero-order valence-electron chi connectivity index (χ0n) is 14.6. The molecule has 0 radical (unpaired) electrons. The third-order valence-corrected chi connectivity index (χ3v) is 5.58. The summed E-state index contributed by atoms with van der Waals surface area (Å²) in [4.78, 5) is 28.0. The predicted octanol–water partition coefficient (Wildman–Crippen LogP) is 3.60. The number of benzene rings is 2. The van der Waals surface area contributed by atoms with Crippen molar-refractivity contribution in [1.82, 2.24) is 20.2 Å². The SMILES string of the molecule is O=c1[nH]cc(-c2cc([C@H]3C[C@@H]3c3cccc4ccccc34)c(Cl)nn2)c(=O)[nH]1. The van der Waals surface area contributed by atoms with E-state index < -0.39 is 11.2 Å². The summed E-state index contributed by atoms with van der Waals surface area (Å²) in [6.45, 7) is 0. The molecule has 1 fully saturated rings. The molecule has 1 saturated carbocycles. The Labute approximate surface area is 164 Å². The van der Waals surface area contributed by atoms with Crippen molar-refractivity contribution >= 4 is 22.4 Å². The van der Waals surface area contributed by atoms with Crippen LogP contribution in [0.3, 0.4) is 0 Å². The molecule has 6 nitrogen and oxygen atoms in total. The maximum Gasteiger partial charge on any atom is 0.325 e. The lowest BCUT2D eigenvalue weighted by Crippen LogP contribution is -2.23. The molecule has 2 atom stereocenters.